The summed E-state index contributed by atoms with van der Waals surface area (Å²) in [5.74, 6) is 1.48. The molecule has 3 heteroatoms. The van der Waals surface area contributed by atoms with Crippen LogP contribution < -0.4 is 5.73 Å². The largest absolute Gasteiger partial charge is 0.377 e. The number of hydrogen-bond acceptors (Lipinski definition) is 3. The Balaban J connectivity index is 2.11. The maximum Gasteiger partial charge on any atom is 0.0703 e. The molecule has 2 rings (SSSR count). The predicted molar refractivity (Wildman–Crippen MR) is 80.2 cm³/mol. The lowest BCUT2D eigenvalue weighted by molar-refractivity contribution is -0.0361. The van der Waals surface area contributed by atoms with Crippen LogP contribution in [0.15, 0.2) is 0 Å². The van der Waals surface area contributed by atoms with E-state index >= 15 is 0 Å². The SMILES string of the molecule is CCN(CC1CCCO1)C1(CN)CCCC(C)C1C. The number of ether oxygens (including phenoxy) is 1. The van der Waals surface area contributed by atoms with E-state index in [4.69, 9.17) is 10.5 Å². The summed E-state index contributed by atoms with van der Waals surface area (Å²) in [5, 5.41) is 0. The summed E-state index contributed by atoms with van der Waals surface area (Å²) >= 11 is 0. The van der Waals surface area contributed by atoms with Gasteiger partial charge in [-0.1, -0.05) is 33.6 Å². The molecule has 2 aliphatic rings. The van der Waals surface area contributed by atoms with Crippen LogP contribution in [0.2, 0.25) is 0 Å². The van der Waals surface area contributed by atoms with Gasteiger partial charge in [-0.2, -0.15) is 0 Å². The smallest absolute Gasteiger partial charge is 0.0703 e. The van der Waals surface area contributed by atoms with E-state index in [-0.39, 0.29) is 5.54 Å². The number of rotatable bonds is 5. The van der Waals surface area contributed by atoms with Crippen LogP contribution in [0.4, 0.5) is 0 Å². The Hall–Kier alpha value is -0.120. The molecule has 1 heterocycles. The third kappa shape index (κ3) is 2.98. The molecule has 19 heavy (non-hydrogen) atoms. The number of likely N-dealkylation sites (N-methyl/N-ethyl adjacent to an activating group) is 1. The summed E-state index contributed by atoms with van der Waals surface area (Å²) in [6.45, 7) is 11.0. The van der Waals surface area contributed by atoms with Crippen molar-refractivity contribution in [3.8, 4) is 0 Å². The van der Waals surface area contributed by atoms with Gasteiger partial charge in [0.25, 0.3) is 0 Å². The number of nitrogens with zero attached hydrogens (tertiary/aromatic N) is 1. The lowest BCUT2D eigenvalue weighted by Gasteiger charge is -2.52. The second-order valence-corrected chi connectivity index (χ2v) is 6.64. The Morgan fingerprint density at radius 3 is 2.63 bits per heavy atom. The van der Waals surface area contributed by atoms with Gasteiger partial charge in [0.05, 0.1) is 6.10 Å². The maximum atomic E-state index is 6.26. The van der Waals surface area contributed by atoms with Crippen molar-refractivity contribution in [2.45, 2.75) is 64.5 Å². The van der Waals surface area contributed by atoms with E-state index in [9.17, 15) is 0 Å². The molecular formula is C16H32N2O. The maximum absolute atomic E-state index is 6.26. The monoisotopic (exact) mass is 268 g/mol. The Labute approximate surface area is 118 Å². The summed E-state index contributed by atoms with van der Waals surface area (Å²) in [7, 11) is 0. The molecule has 2 N–H and O–H groups in total. The fourth-order valence-corrected chi connectivity index (χ4v) is 4.26. The number of nitrogens with two attached hydrogens (primary N) is 1. The van der Waals surface area contributed by atoms with Crippen molar-refractivity contribution in [3.63, 3.8) is 0 Å². The molecule has 1 saturated heterocycles. The summed E-state index contributed by atoms with van der Waals surface area (Å²) in [6.07, 6.45) is 6.83. The first-order chi connectivity index (χ1) is 9.14. The molecule has 4 atom stereocenters. The molecule has 0 aromatic heterocycles. The first-order valence-corrected chi connectivity index (χ1v) is 8.20. The average molecular weight is 268 g/mol. The van der Waals surface area contributed by atoms with E-state index in [0.717, 1.165) is 32.2 Å². The zero-order chi connectivity index (χ0) is 13.9. The van der Waals surface area contributed by atoms with Gasteiger partial charge >= 0.3 is 0 Å². The first-order valence-electron chi connectivity index (χ1n) is 8.20. The third-order valence-corrected chi connectivity index (χ3v) is 5.78. The lowest BCUT2D eigenvalue weighted by atomic mass is 9.67. The topological polar surface area (TPSA) is 38.5 Å². The molecule has 0 radical (unpaired) electrons. The van der Waals surface area contributed by atoms with Crippen LogP contribution in [-0.4, -0.2) is 42.8 Å². The van der Waals surface area contributed by atoms with Crippen LogP contribution in [0.5, 0.6) is 0 Å². The van der Waals surface area contributed by atoms with Crippen LogP contribution in [0.3, 0.4) is 0 Å². The molecule has 0 bridgehead atoms. The van der Waals surface area contributed by atoms with Gasteiger partial charge in [-0.3, -0.25) is 4.90 Å². The van der Waals surface area contributed by atoms with Gasteiger partial charge in [0, 0.05) is 25.2 Å². The van der Waals surface area contributed by atoms with Crippen molar-refractivity contribution in [1.29, 1.82) is 0 Å². The molecule has 3 nitrogen and oxygen atoms in total. The molecule has 0 amide bonds. The van der Waals surface area contributed by atoms with Crippen LogP contribution in [0.1, 0.15) is 52.9 Å². The average Bonchev–Trinajstić information content (AvgIpc) is 2.93. The van der Waals surface area contributed by atoms with Crippen LogP contribution in [0.25, 0.3) is 0 Å². The minimum absolute atomic E-state index is 0.207. The van der Waals surface area contributed by atoms with E-state index in [1.54, 1.807) is 0 Å². The third-order valence-electron chi connectivity index (χ3n) is 5.78. The van der Waals surface area contributed by atoms with Gasteiger partial charge in [0.2, 0.25) is 0 Å². The highest BCUT2D eigenvalue weighted by Gasteiger charge is 2.45. The van der Waals surface area contributed by atoms with Crippen molar-refractivity contribution in [2.24, 2.45) is 17.6 Å². The molecule has 112 valence electrons. The molecule has 1 aliphatic heterocycles. The molecule has 1 saturated carbocycles. The van der Waals surface area contributed by atoms with E-state index < -0.39 is 0 Å². The molecule has 2 fully saturated rings. The van der Waals surface area contributed by atoms with E-state index in [1.807, 2.05) is 0 Å². The normalized spacial score (nSPS) is 39.9. The van der Waals surface area contributed by atoms with Crippen molar-refractivity contribution in [1.82, 2.24) is 4.90 Å². The quantitative estimate of drug-likeness (QED) is 0.833. The van der Waals surface area contributed by atoms with E-state index in [1.165, 1.54) is 32.1 Å². The zero-order valence-corrected chi connectivity index (χ0v) is 13.0. The molecule has 4 unspecified atom stereocenters. The summed E-state index contributed by atoms with van der Waals surface area (Å²) in [6, 6.07) is 0. The van der Waals surface area contributed by atoms with Gasteiger partial charge in [-0.25, -0.2) is 0 Å². The fourth-order valence-electron chi connectivity index (χ4n) is 4.26. The van der Waals surface area contributed by atoms with Gasteiger partial charge in [-0.15, -0.1) is 0 Å². The lowest BCUT2D eigenvalue weighted by Crippen LogP contribution is -2.62. The second kappa shape index (κ2) is 6.55. The van der Waals surface area contributed by atoms with E-state index in [2.05, 4.69) is 25.7 Å². The van der Waals surface area contributed by atoms with E-state index in [0.29, 0.717) is 12.0 Å². The first kappa shape index (κ1) is 15.3. The van der Waals surface area contributed by atoms with Crippen LogP contribution in [-0.2, 0) is 4.74 Å². The van der Waals surface area contributed by atoms with Crippen molar-refractivity contribution in [3.05, 3.63) is 0 Å². The van der Waals surface area contributed by atoms with Gasteiger partial charge < -0.3 is 10.5 Å². The Morgan fingerprint density at radius 2 is 2.05 bits per heavy atom. The molecule has 1 aliphatic carbocycles. The predicted octanol–water partition coefficient (Wildman–Crippen LogP) is 2.64. The minimum atomic E-state index is 0.207. The summed E-state index contributed by atoms with van der Waals surface area (Å²) < 4.78 is 5.85. The Morgan fingerprint density at radius 1 is 1.26 bits per heavy atom. The molecule has 0 spiro atoms. The number of hydrogen-bond donors (Lipinski definition) is 1. The minimum Gasteiger partial charge on any atom is -0.377 e. The summed E-state index contributed by atoms with van der Waals surface area (Å²) in [5.41, 5.74) is 6.47. The van der Waals surface area contributed by atoms with Gasteiger partial charge in [-0.05, 0) is 37.6 Å². The zero-order valence-electron chi connectivity index (χ0n) is 13.0. The second-order valence-electron chi connectivity index (χ2n) is 6.64. The van der Waals surface area contributed by atoms with Gasteiger partial charge in [0.15, 0.2) is 0 Å². The van der Waals surface area contributed by atoms with Crippen molar-refractivity contribution in [2.75, 3.05) is 26.2 Å². The Bertz CT molecular complexity index is 278. The highest BCUT2D eigenvalue weighted by molar-refractivity contribution is 5.00. The fraction of sp³-hybridized carbons (Fsp3) is 1.00. The Kier molecular flexibility index (Phi) is 5.27. The van der Waals surface area contributed by atoms with Crippen molar-refractivity contribution >= 4 is 0 Å². The van der Waals surface area contributed by atoms with Crippen LogP contribution >= 0.6 is 0 Å². The highest BCUT2D eigenvalue weighted by Crippen LogP contribution is 2.41. The molecule has 0 aromatic rings. The summed E-state index contributed by atoms with van der Waals surface area (Å²) in [4.78, 5) is 2.64. The van der Waals surface area contributed by atoms with Gasteiger partial charge in [0.1, 0.15) is 0 Å². The molecule has 0 aromatic carbocycles. The standard InChI is InChI=1S/C16H32N2O/c1-4-18(11-15-8-6-10-19-15)16(12-17)9-5-7-13(2)14(16)3/h13-15H,4-12,17H2,1-3H3. The van der Waals surface area contributed by atoms with Crippen LogP contribution in [0, 0.1) is 11.8 Å². The van der Waals surface area contributed by atoms with Crippen molar-refractivity contribution < 1.29 is 4.74 Å². The highest BCUT2D eigenvalue weighted by atomic mass is 16.5. The molecular weight excluding hydrogens is 236 g/mol.